The van der Waals surface area contributed by atoms with Gasteiger partial charge in [0, 0.05) is 12.6 Å². The smallest absolute Gasteiger partial charge is 0.233 e. The molecule has 3 N–H and O–H groups in total. The maximum absolute atomic E-state index is 10.8. The number of hydrogen-bond acceptors (Lipinski definition) is 3. The molecule has 4 heteroatoms. The summed E-state index contributed by atoms with van der Waals surface area (Å²) in [5, 5.41) is 2.75. The first kappa shape index (κ1) is 13.4. The number of nitrogens with zero attached hydrogens (tertiary/aromatic N) is 1. The van der Waals surface area contributed by atoms with Crippen LogP contribution in [0.4, 0.5) is 0 Å². The molecule has 1 amide bonds. The van der Waals surface area contributed by atoms with Crippen molar-refractivity contribution in [3.8, 4) is 0 Å². The van der Waals surface area contributed by atoms with E-state index >= 15 is 0 Å². The van der Waals surface area contributed by atoms with Gasteiger partial charge in [-0.25, -0.2) is 0 Å². The van der Waals surface area contributed by atoms with Gasteiger partial charge in [-0.3, -0.25) is 4.79 Å². The van der Waals surface area contributed by atoms with E-state index in [0.717, 1.165) is 25.9 Å². The molecule has 0 aromatic rings. The fourth-order valence-corrected chi connectivity index (χ4v) is 1.04. The van der Waals surface area contributed by atoms with E-state index in [1.165, 1.54) is 0 Å². The summed E-state index contributed by atoms with van der Waals surface area (Å²) in [5.74, 6) is -0.0674. The third-order valence-electron chi connectivity index (χ3n) is 2.33. The van der Waals surface area contributed by atoms with Gasteiger partial charge in [0.15, 0.2) is 0 Å². The van der Waals surface area contributed by atoms with Gasteiger partial charge in [0.1, 0.15) is 0 Å². The molecule has 0 atom stereocenters. The molecule has 84 valence electrons. The first-order valence-electron chi connectivity index (χ1n) is 5.25. The van der Waals surface area contributed by atoms with E-state index in [9.17, 15) is 4.79 Å². The second-order valence-corrected chi connectivity index (χ2v) is 3.84. The Bertz CT molecular complexity index is 159. The van der Waals surface area contributed by atoms with E-state index in [0.29, 0.717) is 6.04 Å². The Kier molecular flexibility index (Phi) is 7.42. The molecule has 0 bridgehead atoms. The molecule has 0 aliphatic carbocycles. The summed E-state index contributed by atoms with van der Waals surface area (Å²) >= 11 is 0. The van der Waals surface area contributed by atoms with E-state index in [1.54, 1.807) is 0 Å². The van der Waals surface area contributed by atoms with Gasteiger partial charge in [-0.05, 0) is 40.3 Å². The minimum absolute atomic E-state index is 0.0674. The van der Waals surface area contributed by atoms with Crippen LogP contribution in [0, 0.1) is 0 Å². The Morgan fingerprint density at radius 2 is 2.07 bits per heavy atom. The van der Waals surface area contributed by atoms with Crippen molar-refractivity contribution in [3.63, 3.8) is 0 Å². The summed E-state index contributed by atoms with van der Waals surface area (Å²) in [4.78, 5) is 13.1. The molecule has 0 heterocycles. The van der Waals surface area contributed by atoms with Crippen molar-refractivity contribution in [1.82, 2.24) is 10.2 Å². The third-order valence-corrected chi connectivity index (χ3v) is 2.33. The molecule has 0 saturated carbocycles. The van der Waals surface area contributed by atoms with Crippen molar-refractivity contribution in [2.24, 2.45) is 5.73 Å². The Balaban J connectivity index is 3.25. The van der Waals surface area contributed by atoms with Crippen LogP contribution in [0.1, 0.15) is 26.7 Å². The van der Waals surface area contributed by atoms with E-state index in [-0.39, 0.29) is 12.5 Å². The number of hydrogen-bond donors (Lipinski definition) is 2. The molecule has 0 aromatic heterocycles. The highest BCUT2D eigenvalue weighted by Gasteiger charge is 2.02. The van der Waals surface area contributed by atoms with Crippen molar-refractivity contribution in [1.29, 1.82) is 0 Å². The van der Waals surface area contributed by atoms with E-state index in [2.05, 4.69) is 31.1 Å². The van der Waals surface area contributed by atoms with Gasteiger partial charge in [-0.15, -0.1) is 0 Å². The summed E-state index contributed by atoms with van der Waals surface area (Å²) in [5.41, 5.74) is 5.15. The number of unbranched alkanes of at least 4 members (excludes halogenated alkanes) is 1. The highest BCUT2D eigenvalue weighted by Crippen LogP contribution is 1.96. The van der Waals surface area contributed by atoms with Crippen LogP contribution < -0.4 is 11.1 Å². The lowest BCUT2D eigenvalue weighted by atomic mass is 10.2. The average molecular weight is 201 g/mol. The van der Waals surface area contributed by atoms with Crippen LogP contribution in [0.15, 0.2) is 0 Å². The summed E-state index contributed by atoms with van der Waals surface area (Å²) in [6.45, 7) is 6.26. The van der Waals surface area contributed by atoms with Gasteiger partial charge in [-0.2, -0.15) is 0 Å². The van der Waals surface area contributed by atoms with Crippen LogP contribution in [-0.4, -0.2) is 43.5 Å². The normalized spacial score (nSPS) is 11.0. The van der Waals surface area contributed by atoms with Crippen LogP contribution in [0.3, 0.4) is 0 Å². The minimum Gasteiger partial charge on any atom is -0.355 e. The molecular formula is C10H23N3O. The molecule has 0 saturated heterocycles. The molecular weight excluding hydrogens is 178 g/mol. The number of nitrogens with two attached hydrogens (primary N) is 1. The summed E-state index contributed by atoms with van der Waals surface area (Å²) in [6, 6.07) is 0.591. The second kappa shape index (κ2) is 7.76. The second-order valence-electron chi connectivity index (χ2n) is 3.84. The molecule has 0 fully saturated rings. The lowest BCUT2D eigenvalue weighted by Gasteiger charge is -2.20. The van der Waals surface area contributed by atoms with Gasteiger partial charge in [-0.1, -0.05) is 0 Å². The van der Waals surface area contributed by atoms with Crippen molar-refractivity contribution >= 4 is 5.91 Å². The van der Waals surface area contributed by atoms with Gasteiger partial charge < -0.3 is 16.0 Å². The van der Waals surface area contributed by atoms with Crippen molar-refractivity contribution in [2.75, 3.05) is 26.7 Å². The first-order valence-corrected chi connectivity index (χ1v) is 5.25. The zero-order valence-electron chi connectivity index (χ0n) is 9.55. The van der Waals surface area contributed by atoms with Crippen LogP contribution >= 0.6 is 0 Å². The average Bonchev–Trinajstić information content (AvgIpc) is 2.16. The number of amides is 1. The number of carbonyl (C=O) groups excluding carboxylic acids is 1. The molecule has 0 spiro atoms. The molecule has 0 aliphatic heterocycles. The van der Waals surface area contributed by atoms with E-state index in [1.807, 2.05) is 0 Å². The van der Waals surface area contributed by atoms with Crippen molar-refractivity contribution < 1.29 is 4.79 Å². The zero-order chi connectivity index (χ0) is 11.0. The predicted molar refractivity (Wildman–Crippen MR) is 59.1 cm³/mol. The molecule has 0 radical (unpaired) electrons. The first-order chi connectivity index (χ1) is 6.57. The lowest BCUT2D eigenvalue weighted by Crippen LogP contribution is -2.32. The maximum atomic E-state index is 10.8. The summed E-state index contributed by atoms with van der Waals surface area (Å²) in [6.07, 6.45) is 2.13. The van der Waals surface area contributed by atoms with Crippen LogP contribution in [0.5, 0.6) is 0 Å². The molecule has 0 rings (SSSR count). The molecule has 0 unspecified atom stereocenters. The number of nitrogens with one attached hydrogen (secondary N) is 1. The highest BCUT2D eigenvalue weighted by molar-refractivity contribution is 5.77. The molecule has 14 heavy (non-hydrogen) atoms. The van der Waals surface area contributed by atoms with Crippen molar-refractivity contribution in [2.45, 2.75) is 32.7 Å². The van der Waals surface area contributed by atoms with E-state index in [4.69, 9.17) is 5.73 Å². The maximum Gasteiger partial charge on any atom is 0.233 e. The van der Waals surface area contributed by atoms with E-state index < -0.39 is 0 Å². The Hall–Kier alpha value is -0.610. The monoisotopic (exact) mass is 201 g/mol. The van der Waals surface area contributed by atoms with Crippen molar-refractivity contribution in [3.05, 3.63) is 0 Å². The van der Waals surface area contributed by atoms with Gasteiger partial charge in [0.2, 0.25) is 5.91 Å². The van der Waals surface area contributed by atoms with Crippen LogP contribution in [0.25, 0.3) is 0 Å². The van der Waals surface area contributed by atoms with Gasteiger partial charge >= 0.3 is 0 Å². The fraction of sp³-hybridized carbons (Fsp3) is 0.900. The highest BCUT2D eigenvalue weighted by atomic mass is 16.1. The zero-order valence-corrected chi connectivity index (χ0v) is 9.55. The number of carbonyl (C=O) groups is 1. The number of rotatable bonds is 7. The predicted octanol–water partition coefficient (Wildman–Crippen LogP) is 0.182. The molecule has 0 aromatic carbocycles. The quantitative estimate of drug-likeness (QED) is 0.578. The molecule has 0 aliphatic rings. The van der Waals surface area contributed by atoms with Gasteiger partial charge in [0.05, 0.1) is 6.54 Å². The molecule has 4 nitrogen and oxygen atoms in total. The standard InChI is InChI=1S/C10H23N3O/c1-9(2)13(3)7-5-4-6-12-10(14)8-11/h9H,4-8,11H2,1-3H3,(H,12,14). The topological polar surface area (TPSA) is 58.4 Å². The fourth-order valence-electron chi connectivity index (χ4n) is 1.04. The lowest BCUT2D eigenvalue weighted by molar-refractivity contribution is -0.119. The summed E-state index contributed by atoms with van der Waals surface area (Å²) in [7, 11) is 2.11. The minimum atomic E-state index is -0.0674. The van der Waals surface area contributed by atoms with Crippen LogP contribution in [0.2, 0.25) is 0 Å². The largest absolute Gasteiger partial charge is 0.355 e. The Labute approximate surface area is 86.8 Å². The van der Waals surface area contributed by atoms with Gasteiger partial charge in [0.25, 0.3) is 0 Å². The Morgan fingerprint density at radius 3 is 2.57 bits per heavy atom. The Morgan fingerprint density at radius 1 is 1.43 bits per heavy atom. The van der Waals surface area contributed by atoms with Crippen LogP contribution in [-0.2, 0) is 4.79 Å². The summed E-state index contributed by atoms with van der Waals surface area (Å²) < 4.78 is 0. The SMILES string of the molecule is CC(C)N(C)CCCCNC(=O)CN. The third kappa shape index (κ3) is 6.86.